The average Bonchev–Trinajstić information content (AvgIpc) is 3.09. The topological polar surface area (TPSA) is 61.9 Å². The summed E-state index contributed by atoms with van der Waals surface area (Å²) in [4.78, 5) is 28.4. The number of ether oxygens (including phenoxy) is 1. The van der Waals surface area contributed by atoms with E-state index in [1.807, 2.05) is 6.07 Å². The minimum Gasteiger partial charge on any atom is -0.469 e. The van der Waals surface area contributed by atoms with E-state index in [2.05, 4.69) is 39.4 Å². The number of piperidine rings is 1. The van der Waals surface area contributed by atoms with Crippen LogP contribution in [0, 0.1) is 5.92 Å². The highest BCUT2D eigenvalue weighted by molar-refractivity contribution is 5.78. The van der Waals surface area contributed by atoms with Gasteiger partial charge in [-0.15, -0.1) is 0 Å². The van der Waals surface area contributed by atoms with Crippen molar-refractivity contribution in [1.29, 1.82) is 0 Å². The van der Waals surface area contributed by atoms with Gasteiger partial charge in [0.25, 0.3) is 0 Å². The summed E-state index contributed by atoms with van der Waals surface area (Å²) in [5, 5.41) is 3.17. The van der Waals surface area contributed by atoms with Gasteiger partial charge in [-0.2, -0.15) is 0 Å². The van der Waals surface area contributed by atoms with Crippen molar-refractivity contribution in [2.75, 3.05) is 39.8 Å². The largest absolute Gasteiger partial charge is 0.469 e. The minimum atomic E-state index is -0.126. The molecule has 1 atom stereocenters. The van der Waals surface area contributed by atoms with Crippen LogP contribution in [0.3, 0.4) is 0 Å². The van der Waals surface area contributed by atoms with Crippen LogP contribution in [0.2, 0.25) is 0 Å². The number of carbonyl (C=O) groups excluding carboxylic acids is 2. The highest BCUT2D eigenvalue weighted by Gasteiger charge is 2.28. The van der Waals surface area contributed by atoms with Gasteiger partial charge < -0.3 is 10.1 Å². The minimum absolute atomic E-state index is 0.0133. The third-order valence-corrected chi connectivity index (χ3v) is 5.38. The van der Waals surface area contributed by atoms with E-state index >= 15 is 0 Å². The fourth-order valence-corrected chi connectivity index (χ4v) is 3.91. The lowest BCUT2D eigenvalue weighted by atomic mass is 9.97. The Balaban J connectivity index is 1.36. The summed E-state index contributed by atoms with van der Waals surface area (Å²) in [6.45, 7) is 4.84. The predicted octanol–water partition coefficient (Wildman–Crippen LogP) is 1.26. The van der Waals surface area contributed by atoms with Crippen LogP contribution in [0.5, 0.6) is 0 Å². The van der Waals surface area contributed by atoms with E-state index in [1.165, 1.54) is 12.7 Å². The summed E-state index contributed by atoms with van der Waals surface area (Å²) in [6, 6.07) is 10.7. The fraction of sp³-hybridized carbons (Fsp3) is 0.600. The number of esters is 1. The van der Waals surface area contributed by atoms with Crippen LogP contribution in [0.4, 0.5) is 0 Å². The van der Waals surface area contributed by atoms with Crippen LogP contribution >= 0.6 is 0 Å². The van der Waals surface area contributed by atoms with Gasteiger partial charge in [0.15, 0.2) is 0 Å². The molecule has 1 aromatic carbocycles. The van der Waals surface area contributed by atoms with E-state index in [4.69, 9.17) is 4.74 Å². The van der Waals surface area contributed by atoms with Crippen molar-refractivity contribution in [3.8, 4) is 0 Å². The zero-order chi connectivity index (χ0) is 18.4. The zero-order valence-corrected chi connectivity index (χ0v) is 15.5. The van der Waals surface area contributed by atoms with E-state index in [0.29, 0.717) is 6.54 Å². The van der Waals surface area contributed by atoms with Gasteiger partial charge in [0.1, 0.15) is 0 Å². The number of likely N-dealkylation sites (tertiary alicyclic amines) is 2. The highest BCUT2D eigenvalue weighted by atomic mass is 16.5. The molecule has 0 aliphatic carbocycles. The maximum Gasteiger partial charge on any atom is 0.308 e. The Kier molecular flexibility index (Phi) is 6.63. The number of benzene rings is 1. The molecule has 0 bridgehead atoms. The molecule has 2 aliphatic rings. The molecule has 0 radical (unpaired) electrons. The van der Waals surface area contributed by atoms with Crippen LogP contribution in [0.15, 0.2) is 30.3 Å². The number of rotatable bonds is 6. The van der Waals surface area contributed by atoms with Crippen LogP contribution < -0.4 is 5.32 Å². The lowest BCUT2D eigenvalue weighted by Gasteiger charge is -2.30. The molecule has 2 aliphatic heterocycles. The molecular formula is C20H29N3O3. The van der Waals surface area contributed by atoms with Gasteiger partial charge in [-0.1, -0.05) is 30.3 Å². The van der Waals surface area contributed by atoms with Crippen LogP contribution in [-0.4, -0.2) is 67.6 Å². The maximum absolute atomic E-state index is 12.3. The number of nitrogens with one attached hydrogen (secondary N) is 1. The number of nitrogens with zero attached hydrogens (tertiary/aromatic N) is 2. The van der Waals surface area contributed by atoms with Gasteiger partial charge in [0, 0.05) is 25.7 Å². The van der Waals surface area contributed by atoms with Gasteiger partial charge in [0.2, 0.25) is 5.91 Å². The van der Waals surface area contributed by atoms with Gasteiger partial charge in [-0.3, -0.25) is 19.4 Å². The van der Waals surface area contributed by atoms with E-state index < -0.39 is 0 Å². The zero-order valence-electron chi connectivity index (χ0n) is 15.5. The second kappa shape index (κ2) is 9.14. The fourth-order valence-electron chi connectivity index (χ4n) is 3.91. The number of methoxy groups -OCH3 is 1. The van der Waals surface area contributed by atoms with Crippen molar-refractivity contribution in [3.63, 3.8) is 0 Å². The molecule has 0 aromatic heterocycles. The maximum atomic E-state index is 12.3. The third kappa shape index (κ3) is 5.29. The number of carbonyl (C=O) groups is 2. The molecule has 2 heterocycles. The first-order valence-corrected chi connectivity index (χ1v) is 9.50. The Labute approximate surface area is 155 Å². The Bertz CT molecular complexity index is 600. The van der Waals surface area contributed by atoms with Crippen molar-refractivity contribution in [3.05, 3.63) is 35.9 Å². The predicted molar refractivity (Wildman–Crippen MR) is 99.4 cm³/mol. The van der Waals surface area contributed by atoms with Crippen LogP contribution in [0.25, 0.3) is 0 Å². The summed E-state index contributed by atoms with van der Waals surface area (Å²) >= 11 is 0. The Morgan fingerprint density at radius 2 is 1.77 bits per heavy atom. The summed E-state index contributed by atoms with van der Waals surface area (Å²) < 4.78 is 4.81. The number of amides is 1. The van der Waals surface area contributed by atoms with Gasteiger partial charge >= 0.3 is 5.97 Å². The van der Waals surface area contributed by atoms with Crippen molar-refractivity contribution < 1.29 is 14.3 Å². The summed E-state index contributed by atoms with van der Waals surface area (Å²) in [7, 11) is 1.44. The lowest BCUT2D eigenvalue weighted by molar-refractivity contribution is -0.147. The quantitative estimate of drug-likeness (QED) is 0.775. The second-order valence-corrected chi connectivity index (χ2v) is 7.35. The van der Waals surface area contributed by atoms with E-state index in [1.54, 1.807) is 0 Å². The smallest absolute Gasteiger partial charge is 0.308 e. The highest BCUT2D eigenvalue weighted by Crippen LogP contribution is 2.18. The molecule has 0 unspecified atom stereocenters. The molecule has 1 N–H and O–H groups in total. The summed E-state index contributed by atoms with van der Waals surface area (Å²) in [5.74, 6) is -0.0488. The molecule has 2 fully saturated rings. The van der Waals surface area contributed by atoms with Crippen molar-refractivity contribution in [2.24, 2.45) is 5.92 Å². The monoisotopic (exact) mass is 359 g/mol. The van der Waals surface area contributed by atoms with Crippen LogP contribution in [-0.2, 0) is 20.9 Å². The number of hydrogen-bond donors (Lipinski definition) is 1. The van der Waals surface area contributed by atoms with Gasteiger partial charge in [0.05, 0.1) is 19.6 Å². The molecule has 1 amide bonds. The van der Waals surface area contributed by atoms with Crippen molar-refractivity contribution >= 4 is 11.9 Å². The van der Waals surface area contributed by atoms with E-state index in [9.17, 15) is 9.59 Å². The molecule has 2 saturated heterocycles. The van der Waals surface area contributed by atoms with Crippen molar-refractivity contribution in [1.82, 2.24) is 15.1 Å². The first-order chi connectivity index (χ1) is 12.6. The second-order valence-electron chi connectivity index (χ2n) is 7.35. The van der Waals surface area contributed by atoms with E-state index in [-0.39, 0.29) is 23.8 Å². The van der Waals surface area contributed by atoms with E-state index in [0.717, 1.165) is 52.0 Å². The first-order valence-electron chi connectivity index (χ1n) is 9.50. The molecule has 3 rings (SSSR count). The molecule has 1 aromatic rings. The number of hydrogen-bond acceptors (Lipinski definition) is 5. The molecule has 26 heavy (non-hydrogen) atoms. The molecule has 6 heteroatoms. The summed E-state index contributed by atoms with van der Waals surface area (Å²) in [5.41, 5.74) is 1.31. The third-order valence-electron chi connectivity index (χ3n) is 5.38. The molecule has 0 saturated carbocycles. The van der Waals surface area contributed by atoms with Gasteiger partial charge in [-0.05, 0) is 37.9 Å². The Morgan fingerprint density at radius 1 is 1.08 bits per heavy atom. The lowest BCUT2D eigenvalue weighted by Crippen LogP contribution is -2.46. The first kappa shape index (κ1) is 18.9. The molecule has 6 nitrogen and oxygen atoms in total. The Morgan fingerprint density at radius 3 is 2.46 bits per heavy atom. The molecule has 0 spiro atoms. The van der Waals surface area contributed by atoms with Crippen molar-refractivity contribution in [2.45, 2.75) is 31.8 Å². The standard InChI is InChI=1S/C20H29N3O3/c1-26-20(25)17-7-10-22(11-8-17)15-19(24)21-18-9-12-23(14-18)13-16-5-3-2-4-6-16/h2-6,17-18H,7-15H2,1H3,(H,21,24)/t18-/m0/s1. The average molecular weight is 359 g/mol. The molecular weight excluding hydrogens is 330 g/mol. The summed E-state index contributed by atoms with van der Waals surface area (Å²) in [6.07, 6.45) is 2.55. The van der Waals surface area contributed by atoms with Gasteiger partial charge in [-0.25, -0.2) is 0 Å². The Hall–Kier alpha value is -1.92. The normalized spacial score (nSPS) is 22.3. The molecule has 142 valence electrons. The van der Waals surface area contributed by atoms with Crippen LogP contribution in [0.1, 0.15) is 24.8 Å². The SMILES string of the molecule is COC(=O)C1CCN(CC(=O)N[C@H]2CCN(Cc3ccccc3)C2)CC1.